The number of nitrogens with zero attached hydrogens (tertiary/aromatic N) is 1. The number of hydrogen-bond acceptors (Lipinski definition) is 11. The number of amides is 4. The number of nitrogens with one attached hydrogen (secondary N) is 4. The Morgan fingerprint density at radius 1 is 0.936 bits per heavy atom. The van der Waals surface area contributed by atoms with Gasteiger partial charge in [0.1, 0.15) is 46.4 Å². The van der Waals surface area contributed by atoms with E-state index < -0.39 is 58.5 Å². The van der Waals surface area contributed by atoms with Crippen molar-refractivity contribution in [1.82, 2.24) is 26.2 Å². The van der Waals surface area contributed by atoms with Gasteiger partial charge in [0.05, 0.1) is 5.37 Å². The number of rotatable bonds is 10. The fourth-order valence-corrected chi connectivity index (χ4v) is 7.60. The Morgan fingerprint density at radius 3 is 2.15 bits per heavy atom. The van der Waals surface area contributed by atoms with Crippen molar-refractivity contribution >= 4 is 53.1 Å². The number of β-lactam (4-membered cyclic amide) rings is 1. The van der Waals surface area contributed by atoms with Crippen LogP contribution in [0.3, 0.4) is 0 Å². The van der Waals surface area contributed by atoms with Crippen LogP contribution < -0.4 is 27.0 Å². The van der Waals surface area contributed by atoms with Crippen LogP contribution in [0.2, 0.25) is 0 Å². The Morgan fingerprint density at radius 2 is 1.53 bits per heavy atom. The van der Waals surface area contributed by atoms with E-state index in [1.807, 2.05) is 0 Å². The maximum atomic E-state index is 13.8. The van der Waals surface area contributed by atoms with Gasteiger partial charge in [0.2, 0.25) is 11.8 Å². The molecule has 16 heteroatoms. The summed E-state index contributed by atoms with van der Waals surface area (Å²) >= 11 is 2.80. The minimum Gasteiger partial charge on any atom is -0.508 e. The lowest BCUT2D eigenvalue weighted by molar-refractivity contribution is -0.148. The number of carboxylic acids is 1. The van der Waals surface area contributed by atoms with Gasteiger partial charge in [0.15, 0.2) is 0 Å². The number of aromatic hydroxyl groups is 2. The van der Waals surface area contributed by atoms with Crippen LogP contribution in [0.5, 0.6) is 11.5 Å². The summed E-state index contributed by atoms with van der Waals surface area (Å²) in [6, 6.07) is 8.30. The number of phenols is 2. The second kappa shape index (κ2) is 14.0. The van der Waals surface area contributed by atoms with Crippen LogP contribution >= 0.6 is 23.5 Å². The summed E-state index contributed by atoms with van der Waals surface area (Å²) < 4.78 is 0. The van der Waals surface area contributed by atoms with Crippen molar-refractivity contribution in [2.24, 2.45) is 5.73 Å². The van der Waals surface area contributed by atoms with Crippen LogP contribution in [0.15, 0.2) is 71.1 Å². The molecule has 9 N–H and O–H groups in total. The highest BCUT2D eigenvalue weighted by Crippen LogP contribution is 2.40. The van der Waals surface area contributed by atoms with Crippen molar-refractivity contribution in [3.8, 4) is 11.5 Å². The first-order valence-corrected chi connectivity index (χ1v) is 16.6. The zero-order valence-corrected chi connectivity index (χ0v) is 27.0. The molecule has 0 aliphatic carbocycles. The lowest BCUT2D eigenvalue weighted by atomic mass is 10.0. The molecule has 0 spiro atoms. The number of nitrogens with two attached hydrogens (primary N) is 1. The first kappa shape index (κ1) is 33.7. The van der Waals surface area contributed by atoms with E-state index in [2.05, 4.69) is 21.3 Å². The zero-order valence-electron chi connectivity index (χ0n) is 25.4. The van der Waals surface area contributed by atoms with Crippen LogP contribution in [-0.4, -0.2) is 84.7 Å². The first-order chi connectivity index (χ1) is 22.3. The van der Waals surface area contributed by atoms with Gasteiger partial charge in [0.25, 0.3) is 11.8 Å². The fraction of sp³-hybridized carbons (Fsp3) is 0.323. The second-order valence-electron chi connectivity index (χ2n) is 11.2. The highest BCUT2D eigenvalue weighted by molar-refractivity contribution is 8.00. The minimum absolute atomic E-state index is 0.0185. The molecule has 1 fully saturated rings. The maximum absolute atomic E-state index is 13.8. The van der Waals surface area contributed by atoms with Gasteiger partial charge in [-0.05, 0) is 60.4 Å². The smallest absolute Gasteiger partial charge is 0.351 e. The van der Waals surface area contributed by atoms with E-state index in [-0.39, 0.29) is 29.4 Å². The van der Waals surface area contributed by atoms with Crippen molar-refractivity contribution in [2.45, 2.75) is 42.7 Å². The quantitative estimate of drug-likeness (QED) is 0.163. The third-order valence-electron chi connectivity index (χ3n) is 7.88. The summed E-state index contributed by atoms with van der Waals surface area (Å²) in [4.78, 5) is 66.4. The third kappa shape index (κ3) is 7.18. The number of hydrogen-bond donors (Lipinski definition) is 8. The molecule has 5 rings (SSSR count). The van der Waals surface area contributed by atoms with Gasteiger partial charge in [-0.2, -0.15) is 0 Å². The molecule has 2 aromatic carbocycles. The first-order valence-electron chi connectivity index (χ1n) is 14.5. The molecule has 1 unspecified atom stereocenters. The molecule has 2 aromatic rings. The fourth-order valence-electron chi connectivity index (χ4n) is 5.31. The number of thioether (sulfide) groups is 2. The van der Waals surface area contributed by atoms with Crippen molar-refractivity contribution in [3.63, 3.8) is 0 Å². The molecule has 0 radical (unpaired) electrons. The summed E-state index contributed by atoms with van der Waals surface area (Å²) in [5.74, 6) is -2.64. The number of carbonyl (C=O) groups is 5. The molecule has 4 amide bonds. The molecule has 0 bridgehead atoms. The van der Waals surface area contributed by atoms with Gasteiger partial charge >= 0.3 is 5.97 Å². The Hall–Kier alpha value is -4.67. The van der Waals surface area contributed by atoms with E-state index in [4.69, 9.17) is 5.73 Å². The minimum atomic E-state index is -1.23. The number of benzene rings is 2. The van der Waals surface area contributed by atoms with Crippen LogP contribution in [-0.2, 0) is 24.0 Å². The molecule has 14 nitrogen and oxygen atoms in total. The predicted molar refractivity (Wildman–Crippen MR) is 174 cm³/mol. The summed E-state index contributed by atoms with van der Waals surface area (Å²) in [7, 11) is 0. The average Bonchev–Trinajstić information content (AvgIpc) is 3.05. The van der Waals surface area contributed by atoms with E-state index in [0.717, 1.165) is 0 Å². The lowest BCUT2D eigenvalue weighted by Gasteiger charge is -2.50. The highest BCUT2D eigenvalue weighted by atomic mass is 32.2. The number of carboxylic acid groups (broad SMARTS) is 1. The van der Waals surface area contributed by atoms with Gasteiger partial charge in [-0.25, -0.2) is 4.79 Å². The maximum Gasteiger partial charge on any atom is 0.351 e. The SMILES string of the molecule is CC1=C(C(=O)O)NC(CNC(=O)[C@H](NC(=O)C2=C(C)CS[C@@H]3[C@H](NC(=O)[C@H](N)c4ccc(O)cc4)C(=O)N23)c2ccc(O)cc2)SC1. The van der Waals surface area contributed by atoms with Crippen LogP contribution in [0.25, 0.3) is 0 Å². The Kier molecular flexibility index (Phi) is 10.0. The van der Waals surface area contributed by atoms with Gasteiger partial charge in [-0.15, -0.1) is 23.5 Å². The zero-order chi connectivity index (χ0) is 34.0. The van der Waals surface area contributed by atoms with Gasteiger partial charge in [-0.1, -0.05) is 24.3 Å². The molecular weight excluding hydrogens is 649 g/mol. The predicted octanol–water partition coefficient (Wildman–Crippen LogP) is 0.766. The molecule has 248 valence electrons. The van der Waals surface area contributed by atoms with Gasteiger partial charge in [-0.3, -0.25) is 24.1 Å². The van der Waals surface area contributed by atoms with Gasteiger partial charge in [0, 0.05) is 18.1 Å². The van der Waals surface area contributed by atoms with E-state index in [0.29, 0.717) is 33.8 Å². The van der Waals surface area contributed by atoms with Crippen LogP contribution in [0, 0.1) is 0 Å². The molecule has 1 saturated heterocycles. The Bertz CT molecular complexity index is 1660. The molecule has 5 atom stereocenters. The molecule has 3 heterocycles. The van der Waals surface area contributed by atoms with E-state index in [1.54, 1.807) is 13.8 Å². The number of fused-ring (bicyclic) bond motifs is 1. The highest BCUT2D eigenvalue weighted by Gasteiger charge is 2.54. The molecule has 0 saturated carbocycles. The Balaban J connectivity index is 1.28. The van der Waals surface area contributed by atoms with Gasteiger partial charge < -0.3 is 42.3 Å². The van der Waals surface area contributed by atoms with Crippen molar-refractivity contribution in [2.75, 3.05) is 18.1 Å². The topological polar surface area (TPSA) is 223 Å². The second-order valence-corrected chi connectivity index (χ2v) is 13.5. The van der Waals surface area contributed by atoms with Crippen molar-refractivity contribution in [3.05, 3.63) is 82.2 Å². The van der Waals surface area contributed by atoms with Crippen molar-refractivity contribution < 1.29 is 39.3 Å². The summed E-state index contributed by atoms with van der Waals surface area (Å²) in [6.45, 7) is 3.47. The van der Waals surface area contributed by atoms with E-state index >= 15 is 0 Å². The molecule has 3 aliphatic heterocycles. The molecule has 3 aliphatic rings. The normalized spacial score (nSPS) is 21.9. The van der Waals surface area contributed by atoms with E-state index in [1.165, 1.54) is 77.0 Å². The van der Waals surface area contributed by atoms with Crippen LogP contribution in [0.4, 0.5) is 0 Å². The monoisotopic (exact) mass is 682 g/mol. The molecule has 0 aromatic heterocycles. The van der Waals surface area contributed by atoms with Crippen molar-refractivity contribution in [1.29, 1.82) is 0 Å². The molecular formula is C31H34N6O8S2. The summed E-state index contributed by atoms with van der Waals surface area (Å²) in [5, 5.41) is 38.8. The summed E-state index contributed by atoms with van der Waals surface area (Å²) in [5.41, 5.74) is 8.32. The standard InChI is InChI=1S/C31H34N6O8S2/c1-14-12-46-20(34-22(14)31(44)45)11-33-27(41)23(17-5-9-19(39)10-6-17)35-28(42)25-15(2)13-47-30-24(29(43)37(25)30)36-26(40)21(32)16-3-7-18(38)8-4-16/h3-10,20-21,23-24,30,34,38-39H,11-13,32H2,1-2H3,(H,33,41)(H,35,42)(H,36,40)(H,44,45)/t20?,21-,23-,24-,30-/m1/s1. The third-order valence-corrected chi connectivity index (χ3v) is 10.6. The lowest BCUT2D eigenvalue weighted by Crippen LogP contribution is -2.71. The Labute approximate surface area is 278 Å². The number of phenolic OH excluding ortho intramolecular Hbond substituents is 2. The largest absolute Gasteiger partial charge is 0.508 e. The number of carbonyl (C=O) groups excluding carboxylic acids is 4. The average molecular weight is 683 g/mol. The van der Waals surface area contributed by atoms with Crippen LogP contribution in [0.1, 0.15) is 37.1 Å². The number of aliphatic carboxylic acids is 1. The summed E-state index contributed by atoms with van der Waals surface area (Å²) in [6.07, 6.45) is 0. The molecule has 47 heavy (non-hydrogen) atoms. The van der Waals surface area contributed by atoms with E-state index in [9.17, 15) is 39.3 Å².